The highest BCUT2D eigenvalue weighted by Crippen LogP contribution is 2.38. The number of carbonyl (C=O) groups is 2. The predicted octanol–water partition coefficient (Wildman–Crippen LogP) is 3.17. The Morgan fingerprint density at radius 2 is 1.84 bits per heavy atom. The second-order valence-corrected chi connectivity index (χ2v) is 5.73. The molecule has 0 aromatic heterocycles. The fourth-order valence-electron chi connectivity index (χ4n) is 2.73. The molecule has 7 nitrogen and oxygen atoms in total. The average Bonchev–Trinajstić information content (AvgIpc) is 2.71. The van der Waals surface area contributed by atoms with Crippen LogP contribution >= 0.6 is 0 Å². The zero-order valence-corrected chi connectivity index (χ0v) is 13.9. The molecule has 1 aliphatic rings. The second-order valence-electron chi connectivity index (χ2n) is 5.73. The summed E-state index contributed by atoms with van der Waals surface area (Å²) in [6.07, 6.45) is -1.30. The van der Waals surface area contributed by atoms with Gasteiger partial charge in [0, 0.05) is 0 Å². The van der Waals surface area contributed by atoms with Crippen LogP contribution in [0.25, 0.3) is 0 Å². The molecule has 25 heavy (non-hydrogen) atoms. The third kappa shape index (κ3) is 3.30. The van der Waals surface area contributed by atoms with E-state index in [2.05, 4.69) is 10.4 Å². The fraction of sp³-hybridized carbons (Fsp3) is 0.167. The number of hydrogen-bond acceptors (Lipinski definition) is 4. The van der Waals surface area contributed by atoms with Gasteiger partial charge in [0.1, 0.15) is 5.84 Å². The summed E-state index contributed by atoms with van der Waals surface area (Å²) in [5.74, 6) is 0.0461. The molecule has 0 radical (unpaired) electrons. The third-order valence-corrected chi connectivity index (χ3v) is 4.08. The summed E-state index contributed by atoms with van der Waals surface area (Å²) in [6.45, 7) is 3.96. The average molecular weight is 338 g/mol. The van der Waals surface area contributed by atoms with Crippen molar-refractivity contribution >= 4 is 34.9 Å². The van der Waals surface area contributed by atoms with Gasteiger partial charge in [-0.3, -0.25) is 15.1 Å². The van der Waals surface area contributed by atoms with Gasteiger partial charge in [0.15, 0.2) is 0 Å². The first kappa shape index (κ1) is 16.5. The van der Waals surface area contributed by atoms with Crippen LogP contribution in [0.5, 0.6) is 0 Å². The topological polar surface area (TPSA) is 94.0 Å². The minimum Gasteiger partial charge on any atom is -0.464 e. The number of nitrogens with one attached hydrogen (secondary N) is 2. The van der Waals surface area contributed by atoms with E-state index in [1.54, 1.807) is 11.0 Å². The van der Waals surface area contributed by atoms with Crippen LogP contribution in [0.1, 0.15) is 17.5 Å². The van der Waals surface area contributed by atoms with Crippen LogP contribution in [-0.4, -0.2) is 22.9 Å². The van der Waals surface area contributed by atoms with Crippen LogP contribution in [0.15, 0.2) is 47.5 Å². The molecular formula is C18H18N4O3. The molecule has 0 saturated carbocycles. The molecule has 3 rings (SSSR count). The summed E-state index contributed by atoms with van der Waals surface area (Å²) in [7, 11) is 0. The zero-order chi connectivity index (χ0) is 18.0. The number of aryl methyl sites for hydroxylation is 1. The molecule has 0 saturated heterocycles. The summed E-state index contributed by atoms with van der Waals surface area (Å²) in [5.41, 5.74) is 8.64. The first-order chi connectivity index (χ1) is 12.0. The van der Waals surface area contributed by atoms with Crippen LogP contribution in [0, 0.1) is 13.8 Å². The standard InChI is InChI=1S/C18H18N4O3/c1-11-6-5-9-14(12(11)2)22-15-8-4-3-7-13(15)19-16(10-17(22)23)20-21-18(24)25/h3-9,21H,10H2,1-2H3,(H,19,20)(H,24,25). The van der Waals surface area contributed by atoms with Crippen molar-refractivity contribution < 1.29 is 14.7 Å². The Hall–Kier alpha value is -3.35. The Kier molecular flexibility index (Phi) is 4.38. The number of rotatable bonds is 1. The zero-order valence-electron chi connectivity index (χ0n) is 13.9. The number of amides is 2. The Bertz CT molecular complexity index is 876. The maximum absolute atomic E-state index is 12.9. The summed E-state index contributed by atoms with van der Waals surface area (Å²) >= 11 is 0. The van der Waals surface area contributed by atoms with Gasteiger partial charge in [0.05, 0.1) is 23.5 Å². The molecule has 0 aliphatic carbocycles. The van der Waals surface area contributed by atoms with Gasteiger partial charge < -0.3 is 5.11 Å². The van der Waals surface area contributed by atoms with Gasteiger partial charge in [-0.1, -0.05) is 24.3 Å². The van der Waals surface area contributed by atoms with E-state index < -0.39 is 6.09 Å². The van der Waals surface area contributed by atoms with Crippen molar-refractivity contribution in [3.05, 3.63) is 53.6 Å². The summed E-state index contributed by atoms with van der Waals surface area (Å²) in [6, 6.07) is 13.1. The molecule has 0 fully saturated rings. The normalized spacial score (nSPS) is 13.6. The van der Waals surface area contributed by atoms with Gasteiger partial charge in [-0.15, -0.1) is 0 Å². The van der Waals surface area contributed by atoms with Gasteiger partial charge in [0.25, 0.3) is 0 Å². The minimum absolute atomic E-state index is 0.0532. The van der Waals surface area contributed by atoms with E-state index in [1.807, 2.05) is 55.7 Å². The van der Waals surface area contributed by atoms with Crippen molar-refractivity contribution in [2.45, 2.75) is 20.3 Å². The minimum atomic E-state index is -1.25. The molecule has 2 amide bonds. The highest BCUT2D eigenvalue weighted by molar-refractivity contribution is 6.14. The molecule has 2 aromatic rings. The lowest BCUT2D eigenvalue weighted by atomic mass is 10.1. The molecule has 1 aliphatic heterocycles. The third-order valence-electron chi connectivity index (χ3n) is 4.08. The molecular weight excluding hydrogens is 320 g/mol. The van der Waals surface area contributed by atoms with Crippen LogP contribution in [0.3, 0.4) is 0 Å². The lowest BCUT2D eigenvalue weighted by Gasteiger charge is -2.25. The lowest BCUT2D eigenvalue weighted by molar-refractivity contribution is -0.116. The molecule has 1 heterocycles. The van der Waals surface area contributed by atoms with Crippen molar-refractivity contribution in [1.29, 1.82) is 0 Å². The Balaban J connectivity index is 2.08. The van der Waals surface area contributed by atoms with Gasteiger partial charge in [0.2, 0.25) is 5.91 Å². The van der Waals surface area contributed by atoms with E-state index >= 15 is 0 Å². The van der Waals surface area contributed by atoms with Crippen molar-refractivity contribution in [3.8, 4) is 0 Å². The number of hydrazine groups is 1. The molecule has 2 aromatic carbocycles. The smallest absolute Gasteiger partial charge is 0.423 e. The van der Waals surface area contributed by atoms with E-state index in [4.69, 9.17) is 5.11 Å². The van der Waals surface area contributed by atoms with E-state index in [0.29, 0.717) is 11.4 Å². The number of fused-ring (bicyclic) bond motifs is 1. The van der Waals surface area contributed by atoms with Crippen LogP contribution in [0.4, 0.5) is 21.9 Å². The summed E-state index contributed by atoms with van der Waals surface area (Å²) < 4.78 is 0. The van der Waals surface area contributed by atoms with Gasteiger partial charge >= 0.3 is 6.09 Å². The van der Waals surface area contributed by atoms with Crippen LogP contribution < -0.4 is 15.8 Å². The van der Waals surface area contributed by atoms with Crippen LogP contribution in [0.2, 0.25) is 0 Å². The first-order valence-corrected chi connectivity index (χ1v) is 7.78. The molecule has 128 valence electrons. The summed E-state index contributed by atoms with van der Waals surface area (Å²) in [5, 5.41) is 8.75. The number of carboxylic acid groups (broad SMARTS) is 1. The molecule has 7 heteroatoms. The number of carbonyl (C=O) groups excluding carboxylic acids is 1. The van der Waals surface area contributed by atoms with E-state index in [9.17, 15) is 9.59 Å². The highest BCUT2D eigenvalue weighted by Gasteiger charge is 2.27. The number of nitrogens with zero attached hydrogens (tertiary/aromatic N) is 2. The lowest BCUT2D eigenvalue weighted by Crippen LogP contribution is -2.42. The maximum Gasteiger partial charge on any atom is 0.423 e. The van der Waals surface area contributed by atoms with Crippen molar-refractivity contribution in [2.75, 3.05) is 4.90 Å². The van der Waals surface area contributed by atoms with Crippen LogP contribution in [-0.2, 0) is 4.79 Å². The molecule has 0 spiro atoms. The number of amidine groups is 1. The molecule has 3 N–H and O–H groups in total. The highest BCUT2D eigenvalue weighted by atomic mass is 16.4. The number of anilines is 2. The van der Waals surface area contributed by atoms with E-state index in [0.717, 1.165) is 16.8 Å². The van der Waals surface area contributed by atoms with Gasteiger partial charge in [-0.05, 0) is 43.2 Å². The van der Waals surface area contributed by atoms with Crippen molar-refractivity contribution in [3.63, 3.8) is 0 Å². The van der Waals surface area contributed by atoms with Crippen molar-refractivity contribution in [2.24, 2.45) is 4.99 Å². The number of para-hydroxylation sites is 2. The summed E-state index contributed by atoms with van der Waals surface area (Å²) in [4.78, 5) is 29.7. The SMILES string of the molecule is Cc1cccc(N2C(=O)CC(NNC(=O)O)=Nc3ccccc32)c1C. The fourth-order valence-corrected chi connectivity index (χ4v) is 2.73. The van der Waals surface area contributed by atoms with E-state index in [-0.39, 0.29) is 18.2 Å². The van der Waals surface area contributed by atoms with E-state index in [1.165, 1.54) is 0 Å². The largest absolute Gasteiger partial charge is 0.464 e. The Labute approximate surface area is 145 Å². The molecule has 0 bridgehead atoms. The Morgan fingerprint density at radius 3 is 2.60 bits per heavy atom. The monoisotopic (exact) mass is 338 g/mol. The van der Waals surface area contributed by atoms with Crippen molar-refractivity contribution in [1.82, 2.24) is 10.9 Å². The molecule has 0 unspecified atom stereocenters. The quantitative estimate of drug-likeness (QED) is 0.696. The molecule has 0 atom stereocenters. The first-order valence-electron chi connectivity index (χ1n) is 7.78. The predicted molar refractivity (Wildman–Crippen MR) is 95.5 cm³/mol. The van der Waals surface area contributed by atoms with Gasteiger partial charge in [-0.2, -0.15) is 0 Å². The number of hydrogen-bond donors (Lipinski definition) is 3. The second kappa shape index (κ2) is 6.64. The maximum atomic E-state index is 12.9. The Morgan fingerprint density at radius 1 is 1.12 bits per heavy atom. The van der Waals surface area contributed by atoms with Gasteiger partial charge in [-0.25, -0.2) is 15.2 Å². The number of aliphatic imine (C=N–C) groups is 1. The number of benzene rings is 2.